The van der Waals surface area contributed by atoms with Gasteiger partial charge < -0.3 is 0 Å². The van der Waals surface area contributed by atoms with Crippen LogP contribution in [0.3, 0.4) is 0 Å². The number of hydrogen-bond donors (Lipinski definition) is 0. The fourth-order valence-corrected chi connectivity index (χ4v) is 2.83. The van der Waals surface area contributed by atoms with Crippen molar-refractivity contribution in [3.05, 3.63) is 87.8 Å². The normalized spacial score (nSPS) is 11.1. The Bertz CT molecular complexity index is 1120. The summed E-state index contributed by atoms with van der Waals surface area (Å²) >= 11 is 6.02. The third-order valence-electron chi connectivity index (χ3n) is 3.87. The summed E-state index contributed by atoms with van der Waals surface area (Å²) in [4.78, 5) is 17.0. The molecule has 0 bridgehead atoms. The summed E-state index contributed by atoms with van der Waals surface area (Å²) in [5.74, 6) is -0.313. The molecule has 0 radical (unpaired) electrons. The molecule has 0 aliphatic rings. The highest BCUT2D eigenvalue weighted by molar-refractivity contribution is 6.30. The van der Waals surface area contributed by atoms with Crippen LogP contribution in [0, 0.1) is 5.82 Å². The maximum Gasteiger partial charge on any atom is 0.264 e. The lowest BCUT2D eigenvalue weighted by atomic mass is 10.2. The van der Waals surface area contributed by atoms with E-state index in [1.165, 1.54) is 29.2 Å². The molecule has 2 aromatic carbocycles. The maximum atomic E-state index is 13.0. The van der Waals surface area contributed by atoms with Crippen molar-refractivity contribution >= 4 is 22.6 Å². The standard InChI is InChI=1S/C18H12ClFN4O/c19-13-2-1-3-15(8-13)24-17-16(9-22-24)18(25)23(11-21-17)10-12-4-6-14(20)7-5-12/h1-9,11H,10H2. The van der Waals surface area contributed by atoms with E-state index in [9.17, 15) is 9.18 Å². The van der Waals surface area contributed by atoms with Gasteiger partial charge in [0.15, 0.2) is 5.65 Å². The Morgan fingerprint density at radius 3 is 2.68 bits per heavy atom. The lowest BCUT2D eigenvalue weighted by Crippen LogP contribution is -2.21. The second kappa shape index (κ2) is 6.14. The molecule has 0 saturated heterocycles. The number of halogens is 2. The van der Waals surface area contributed by atoms with Crippen molar-refractivity contribution in [2.24, 2.45) is 0 Å². The van der Waals surface area contributed by atoms with Gasteiger partial charge in [-0.15, -0.1) is 0 Å². The average Bonchev–Trinajstić information content (AvgIpc) is 3.04. The summed E-state index contributed by atoms with van der Waals surface area (Å²) in [5, 5.41) is 5.24. The van der Waals surface area contributed by atoms with Crippen LogP contribution in [0.4, 0.5) is 4.39 Å². The van der Waals surface area contributed by atoms with E-state index in [0.717, 1.165) is 11.3 Å². The second-order valence-corrected chi connectivity index (χ2v) is 6.01. The number of nitrogens with zero attached hydrogens (tertiary/aromatic N) is 4. The molecule has 0 aliphatic carbocycles. The topological polar surface area (TPSA) is 52.7 Å². The fourth-order valence-electron chi connectivity index (χ4n) is 2.64. The molecule has 5 nitrogen and oxygen atoms in total. The molecular formula is C18H12ClFN4O. The van der Waals surface area contributed by atoms with Gasteiger partial charge >= 0.3 is 0 Å². The van der Waals surface area contributed by atoms with Crippen molar-refractivity contribution in [1.29, 1.82) is 0 Å². The molecule has 0 unspecified atom stereocenters. The van der Waals surface area contributed by atoms with Crippen LogP contribution in [0.5, 0.6) is 0 Å². The van der Waals surface area contributed by atoms with Crippen molar-refractivity contribution < 1.29 is 4.39 Å². The van der Waals surface area contributed by atoms with Gasteiger partial charge in [-0.1, -0.05) is 29.8 Å². The quantitative estimate of drug-likeness (QED) is 0.566. The van der Waals surface area contributed by atoms with Gasteiger partial charge in [0.05, 0.1) is 18.4 Å². The number of hydrogen-bond acceptors (Lipinski definition) is 3. The van der Waals surface area contributed by atoms with Gasteiger partial charge in [-0.3, -0.25) is 9.36 Å². The Morgan fingerprint density at radius 1 is 1.12 bits per heavy atom. The minimum atomic E-state index is -0.313. The zero-order valence-corrected chi connectivity index (χ0v) is 13.7. The Balaban J connectivity index is 1.77. The lowest BCUT2D eigenvalue weighted by molar-refractivity contribution is 0.626. The third kappa shape index (κ3) is 2.92. The largest absolute Gasteiger partial charge is 0.294 e. The minimum absolute atomic E-state index is 0.206. The molecule has 124 valence electrons. The van der Waals surface area contributed by atoms with E-state index in [1.54, 1.807) is 35.0 Å². The van der Waals surface area contributed by atoms with Gasteiger partial charge in [0.2, 0.25) is 0 Å². The SMILES string of the molecule is O=c1c2cnn(-c3cccc(Cl)c3)c2ncn1Cc1ccc(F)cc1. The summed E-state index contributed by atoms with van der Waals surface area (Å²) in [6.45, 7) is 0.310. The Morgan fingerprint density at radius 2 is 1.92 bits per heavy atom. The second-order valence-electron chi connectivity index (χ2n) is 5.58. The molecule has 0 N–H and O–H groups in total. The maximum absolute atomic E-state index is 13.0. The van der Waals surface area contributed by atoms with Crippen molar-refractivity contribution in [2.75, 3.05) is 0 Å². The number of benzene rings is 2. The first-order valence-corrected chi connectivity index (χ1v) is 7.93. The smallest absolute Gasteiger partial charge is 0.264 e. The molecule has 0 fully saturated rings. The van der Waals surface area contributed by atoms with Crippen molar-refractivity contribution in [3.8, 4) is 5.69 Å². The third-order valence-corrected chi connectivity index (χ3v) is 4.11. The van der Waals surface area contributed by atoms with Crippen molar-refractivity contribution in [1.82, 2.24) is 19.3 Å². The van der Waals surface area contributed by atoms with Crippen LogP contribution in [0.25, 0.3) is 16.7 Å². The molecule has 4 aromatic rings. The van der Waals surface area contributed by atoms with Crippen LogP contribution in [-0.4, -0.2) is 19.3 Å². The molecule has 0 spiro atoms. The predicted octanol–water partition coefficient (Wildman–Crippen LogP) is 3.42. The van der Waals surface area contributed by atoms with E-state index >= 15 is 0 Å². The minimum Gasteiger partial charge on any atom is -0.294 e. The molecule has 0 atom stereocenters. The number of aromatic nitrogens is 4. The van der Waals surface area contributed by atoms with Gasteiger partial charge in [0.25, 0.3) is 5.56 Å². The van der Waals surface area contributed by atoms with Gasteiger partial charge in [-0.05, 0) is 35.9 Å². The van der Waals surface area contributed by atoms with Gasteiger partial charge in [0, 0.05) is 5.02 Å². The first-order chi connectivity index (χ1) is 12.1. The summed E-state index contributed by atoms with van der Waals surface area (Å²) in [5.41, 5.74) is 1.79. The fraction of sp³-hybridized carbons (Fsp3) is 0.0556. The first-order valence-electron chi connectivity index (χ1n) is 7.55. The van der Waals surface area contributed by atoms with E-state index in [4.69, 9.17) is 11.6 Å². The summed E-state index contributed by atoms with van der Waals surface area (Å²) in [7, 11) is 0. The van der Waals surface area contributed by atoms with Crippen LogP contribution in [0.15, 0.2) is 65.8 Å². The van der Waals surface area contributed by atoms with Crippen LogP contribution in [0.1, 0.15) is 5.56 Å². The number of rotatable bonds is 3. The molecule has 0 saturated carbocycles. The van der Waals surface area contributed by atoms with E-state index in [1.807, 2.05) is 6.07 Å². The van der Waals surface area contributed by atoms with E-state index in [-0.39, 0.29) is 11.4 Å². The summed E-state index contributed by atoms with van der Waals surface area (Å²) in [6.07, 6.45) is 2.96. The molecule has 0 aliphatic heterocycles. The monoisotopic (exact) mass is 354 g/mol. The number of fused-ring (bicyclic) bond motifs is 1. The Kier molecular flexibility index (Phi) is 3.82. The average molecular weight is 355 g/mol. The molecular weight excluding hydrogens is 343 g/mol. The van der Waals surface area contributed by atoms with Crippen LogP contribution < -0.4 is 5.56 Å². The van der Waals surface area contributed by atoms with Gasteiger partial charge in [0.1, 0.15) is 17.5 Å². The highest BCUT2D eigenvalue weighted by atomic mass is 35.5. The lowest BCUT2D eigenvalue weighted by Gasteiger charge is -2.07. The van der Waals surface area contributed by atoms with Crippen LogP contribution in [0.2, 0.25) is 5.02 Å². The van der Waals surface area contributed by atoms with Gasteiger partial charge in [-0.25, -0.2) is 14.1 Å². The first kappa shape index (κ1) is 15.5. The van der Waals surface area contributed by atoms with E-state index in [0.29, 0.717) is 22.6 Å². The Hall–Kier alpha value is -2.99. The molecule has 2 aromatic heterocycles. The molecule has 7 heteroatoms. The summed E-state index contributed by atoms with van der Waals surface area (Å²) < 4.78 is 16.1. The van der Waals surface area contributed by atoms with Crippen molar-refractivity contribution in [2.45, 2.75) is 6.54 Å². The van der Waals surface area contributed by atoms with Gasteiger partial charge in [-0.2, -0.15) is 5.10 Å². The predicted molar refractivity (Wildman–Crippen MR) is 93.6 cm³/mol. The zero-order valence-electron chi connectivity index (χ0n) is 12.9. The molecule has 2 heterocycles. The van der Waals surface area contributed by atoms with E-state index in [2.05, 4.69) is 10.1 Å². The van der Waals surface area contributed by atoms with Crippen molar-refractivity contribution in [3.63, 3.8) is 0 Å². The van der Waals surface area contributed by atoms with Crippen LogP contribution in [-0.2, 0) is 6.54 Å². The van der Waals surface area contributed by atoms with E-state index < -0.39 is 0 Å². The summed E-state index contributed by atoms with van der Waals surface area (Å²) in [6, 6.07) is 13.2. The molecule has 25 heavy (non-hydrogen) atoms. The van der Waals surface area contributed by atoms with Crippen LogP contribution >= 0.6 is 11.6 Å². The molecule has 0 amide bonds. The highest BCUT2D eigenvalue weighted by Crippen LogP contribution is 2.17. The zero-order chi connectivity index (χ0) is 17.4. The highest BCUT2D eigenvalue weighted by Gasteiger charge is 2.12. The molecule has 4 rings (SSSR count). The Labute approximate surface area is 146 Å².